The van der Waals surface area contributed by atoms with Crippen LogP contribution in [-0.2, 0) is 10.2 Å². The van der Waals surface area contributed by atoms with E-state index in [1.165, 1.54) is 0 Å². The minimum Gasteiger partial charge on any atom is -0.458 e. The molecule has 1 saturated carbocycles. The van der Waals surface area contributed by atoms with Crippen molar-refractivity contribution in [2.45, 2.75) is 37.2 Å². The van der Waals surface area contributed by atoms with Gasteiger partial charge in [0.15, 0.2) is 0 Å². The van der Waals surface area contributed by atoms with Crippen LogP contribution in [0.4, 0.5) is 0 Å². The smallest absolute Gasteiger partial charge is 0.231 e. The molecule has 1 amide bonds. The van der Waals surface area contributed by atoms with Crippen LogP contribution in [0.2, 0.25) is 0 Å². The molecule has 0 spiro atoms. The number of rotatable bonds is 6. The fraction of sp³-hybridized carbons (Fsp3) is 0.350. The fourth-order valence-electron chi connectivity index (χ4n) is 3.67. The maximum Gasteiger partial charge on any atom is 0.231 e. The Morgan fingerprint density at radius 3 is 2.77 bits per heavy atom. The van der Waals surface area contributed by atoms with Crippen LogP contribution < -0.4 is 5.32 Å². The standard InChI is InChI=1S/C20H21NO3S2/c22-15(17-6-5-16(24-17)14-7-11-25-13-14)12-21-19(23)20(8-1-2-9-20)18-4-3-10-26-18/h3-7,10-11,13,15,22H,1-2,8-9,12H2,(H,21,23). The highest BCUT2D eigenvalue weighted by atomic mass is 32.1. The number of carbonyl (C=O) groups is 1. The predicted molar refractivity (Wildman–Crippen MR) is 104 cm³/mol. The van der Waals surface area contributed by atoms with Crippen molar-refractivity contribution >= 4 is 28.6 Å². The number of furan rings is 1. The Bertz CT molecular complexity index is 846. The number of nitrogens with one attached hydrogen (secondary N) is 1. The van der Waals surface area contributed by atoms with Crippen LogP contribution in [0.15, 0.2) is 50.9 Å². The second-order valence-corrected chi connectivity index (χ2v) is 8.43. The summed E-state index contributed by atoms with van der Waals surface area (Å²) in [6.45, 7) is 0.155. The molecule has 3 aromatic rings. The number of hydrogen-bond acceptors (Lipinski definition) is 5. The Balaban J connectivity index is 1.42. The number of hydrogen-bond donors (Lipinski definition) is 2. The topological polar surface area (TPSA) is 62.5 Å². The van der Waals surface area contributed by atoms with E-state index in [1.54, 1.807) is 28.7 Å². The van der Waals surface area contributed by atoms with Crippen LogP contribution in [0, 0.1) is 0 Å². The highest BCUT2D eigenvalue weighted by Crippen LogP contribution is 2.43. The van der Waals surface area contributed by atoms with Crippen LogP contribution in [0.25, 0.3) is 11.3 Å². The number of carbonyl (C=O) groups excluding carboxylic acids is 1. The van der Waals surface area contributed by atoms with Gasteiger partial charge in [0.25, 0.3) is 0 Å². The molecule has 0 aromatic carbocycles. The molecule has 4 nitrogen and oxygen atoms in total. The maximum absolute atomic E-state index is 12.9. The highest BCUT2D eigenvalue weighted by Gasteiger charge is 2.43. The van der Waals surface area contributed by atoms with Gasteiger partial charge in [-0.05, 0) is 47.9 Å². The molecule has 0 saturated heterocycles. The van der Waals surface area contributed by atoms with Crippen LogP contribution in [-0.4, -0.2) is 17.6 Å². The number of aliphatic hydroxyl groups is 1. The summed E-state index contributed by atoms with van der Waals surface area (Å²) in [6, 6.07) is 9.65. The van der Waals surface area contributed by atoms with E-state index >= 15 is 0 Å². The SMILES string of the molecule is O=C(NCC(O)c1ccc(-c2ccsc2)o1)C1(c2cccs2)CCCC1. The van der Waals surface area contributed by atoms with Crippen molar-refractivity contribution < 1.29 is 14.3 Å². The third-order valence-corrected chi connectivity index (χ3v) is 6.86. The monoisotopic (exact) mass is 387 g/mol. The molecular weight excluding hydrogens is 366 g/mol. The van der Waals surface area contributed by atoms with E-state index in [-0.39, 0.29) is 12.5 Å². The Labute approximate surface area is 160 Å². The van der Waals surface area contributed by atoms with E-state index in [0.717, 1.165) is 41.9 Å². The molecule has 1 unspecified atom stereocenters. The lowest BCUT2D eigenvalue weighted by Crippen LogP contribution is -2.43. The molecule has 0 bridgehead atoms. The third-order valence-electron chi connectivity index (χ3n) is 5.10. The number of amides is 1. The molecule has 26 heavy (non-hydrogen) atoms. The van der Waals surface area contributed by atoms with Crippen molar-refractivity contribution in [3.05, 3.63) is 57.1 Å². The summed E-state index contributed by atoms with van der Waals surface area (Å²) < 4.78 is 5.75. The first kappa shape index (κ1) is 17.5. The Morgan fingerprint density at radius 1 is 1.23 bits per heavy atom. The van der Waals surface area contributed by atoms with E-state index in [1.807, 2.05) is 40.4 Å². The molecule has 6 heteroatoms. The summed E-state index contributed by atoms with van der Waals surface area (Å²) in [5, 5.41) is 19.4. The van der Waals surface area contributed by atoms with E-state index < -0.39 is 11.5 Å². The summed E-state index contributed by atoms with van der Waals surface area (Å²) in [7, 11) is 0. The summed E-state index contributed by atoms with van der Waals surface area (Å²) in [4.78, 5) is 14.1. The zero-order chi connectivity index (χ0) is 18.0. The van der Waals surface area contributed by atoms with Gasteiger partial charge in [0, 0.05) is 15.8 Å². The lowest BCUT2D eigenvalue weighted by atomic mass is 9.83. The lowest BCUT2D eigenvalue weighted by Gasteiger charge is -2.27. The van der Waals surface area contributed by atoms with Crippen LogP contribution in [0.1, 0.15) is 42.4 Å². The molecular formula is C20H21NO3S2. The normalized spacial score (nSPS) is 17.3. The second-order valence-electron chi connectivity index (χ2n) is 6.71. The summed E-state index contributed by atoms with van der Waals surface area (Å²) in [6.07, 6.45) is 3.02. The number of aliphatic hydroxyl groups excluding tert-OH is 1. The first-order valence-electron chi connectivity index (χ1n) is 8.82. The second kappa shape index (κ2) is 7.39. The van der Waals surface area contributed by atoms with Crippen molar-refractivity contribution in [3.8, 4) is 11.3 Å². The molecule has 0 radical (unpaired) electrons. The quantitative estimate of drug-likeness (QED) is 0.643. The van der Waals surface area contributed by atoms with Crippen LogP contribution in [0.3, 0.4) is 0 Å². The van der Waals surface area contributed by atoms with Gasteiger partial charge >= 0.3 is 0 Å². The first-order valence-corrected chi connectivity index (χ1v) is 10.6. The molecule has 4 rings (SSSR count). The molecule has 1 atom stereocenters. The molecule has 1 aliphatic rings. The van der Waals surface area contributed by atoms with Crippen molar-refractivity contribution in [3.63, 3.8) is 0 Å². The first-order chi connectivity index (χ1) is 12.7. The fourth-order valence-corrected chi connectivity index (χ4v) is 5.29. The molecule has 2 N–H and O–H groups in total. The van der Waals surface area contributed by atoms with Gasteiger partial charge in [-0.3, -0.25) is 4.79 Å². The zero-order valence-electron chi connectivity index (χ0n) is 14.3. The van der Waals surface area contributed by atoms with Gasteiger partial charge in [-0.2, -0.15) is 11.3 Å². The van der Waals surface area contributed by atoms with Gasteiger partial charge in [0.05, 0.1) is 12.0 Å². The van der Waals surface area contributed by atoms with E-state index in [9.17, 15) is 9.90 Å². The van der Waals surface area contributed by atoms with Gasteiger partial charge in [-0.25, -0.2) is 0 Å². The van der Waals surface area contributed by atoms with Gasteiger partial charge in [0.2, 0.25) is 5.91 Å². The molecule has 3 heterocycles. The summed E-state index contributed by atoms with van der Waals surface area (Å²) in [5.41, 5.74) is 0.568. The van der Waals surface area contributed by atoms with Crippen molar-refractivity contribution in [2.24, 2.45) is 0 Å². The Kier molecular flexibility index (Phi) is 4.98. The van der Waals surface area contributed by atoms with Crippen molar-refractivity contribution in [1.29, 1.82) is 0 Å². The molecule has 1 fully saturated rings. The van der Waals surface area contributed by atoms with E-state index in [4.69, 9.17) is 4.42 Å². The minimum absolute atomic E-state index is 0.0149. The largest absolute Gasteiger partial charge is 0.458 e. The molecule has 0 aliphatic heterocycles. The van der Waals surface area contributed by atoms with Crippen molar-refractivity contribution in [1.82, 2.24) is 5.32 Å². The lowest BCUT2D eigenvalue weighted by molar-refractivity contribution is -0.127. The highest BCUT2D eigenvalue weighted by molar-refractivity contribution is 7.10. The third kappa shape index (κ3) is 3.24. The van der Waals surface area contributed by atoms with Gasteiger partial charge in [-0.1, -0.05) is 18.9 Å². The summed E-state index contributed by atoms with van der Waals surface area (Å²) >= 11 is 3.24. The van der Waals surface area contributed by atoms with E-state index in [0.29, 0.717) is 5.76 Å². The summed E-state index contributed by atoms with van der Waals surface area (Å²) in [5.74, 6) is 1.22. The Morgan fingerprint density at radius 2 is 2.08 bits per heavy atom. The van der Waals surface area contributed by atoms with Crippen LogP contribution in [0.5, 0.6) is 0 Å². The predicted octanol–water partition coefficient (Wildman–Crippen LogP) is 4.73. The molecule has 1 aliphatic carbocycles. The van der Waals surface area contributed by atoms with Crippen LogP contribution >= 0.6 is 22.7 Å². The van der Waals surface area contributed by atoms with Gasteiger partial charge in [0.1, 0.15) is 17.6 Å². The minimum atomic E-state index is -0.854. The average molecular weight is 388 g/mol. The zero-order valence-corrected chi connectivity index (χ0v) is 15.9. The molecule has 136 valence electrons. The Hall–Kier alpha value is -1.89. The average Bonchev–Trinajstić information content (AvgIpc) is 3.42. The van der Waals surface area contributed by atoms with Gasteiger partial charge < -0.3 is 14.8 Å². The number of thiophene rings is 2. The van der Waals surface area contributed by atoms with Crippen molar-refractivity contribution in [2.75, 3.05) is 6.54 Å². The maximum atomic E-state index is 12.9. The van der Waals surface area contributed by atoms with E-state index in [2.05, 4.69) is 5.32 Å². The van der Waals surface area contributed by atoms with Gasteiger partial charge in [-0.15, -0.1) is 11.3 Å². The molecule has 3 aromatic heterocycles.